The summed E-state index contributed by atoms with van der Waals surface area (Å²) in [6, 6.07) is 7.10. The van der Waals surface area contributed by atoms with E-state index in [-0.39, 0.29) is 29.8 Å². The summed E-state index contributed by atoms with van der Waals surface area (Å²) < 4.78 is 0. The van der Waals surface area contributed by atoms with Crippen molar-refractivity contribution in [2.45, 2.75) is 70.9 Å². The average molecular weight is 424 g/mol. The molecule has 2 atom stereocenters. The number of hydrogen-bond donors (Lipinski definition) is 2. The van der Waals surface area contributed by atoms with Crippen LogP contribution in [-0.4, -0.2) is 35.3 Å². The molecule has 4 aliphatic carbocycles. The van der Waals surface area contributed by atoms with Gasteiger partial charge < -0.3 is 10.6 Å². The number of nitrogens with zero attached hydrogens (tertiary/aromatic N) is 1. The fourth-order valence-corrected chi connectivity index (χ4v) is 7.21. The molecule has 0 aromatic heterocycles. The van der Waals surface area contributed by atoms with Crippen LogP contribution in [-0.2, 0) is 15.1 Å². The molecule has 6 rings (SSSR count). The average Bonchev–Trinajstić information content (AvgIpc) is 2.91. The molecule has 1 heterocycles. The highest BCUT2D eigenvalue weighted by molar-refractivity contribution is 6.09. The number of hydrogen-bond acceptors (Lipinski definition) is 3. The predicted octanol–water partition coefficient (Wildman–Crippen LogP) is 3.48. The Morgan fingerprint density at radius 1 is 1.10 bits per heavy atom. The molecule has 5 fully saturated rings. The lowest BCUT2D eigenvalue weighted by molar-refractivity contribution is -0.136. The molecule has 1 saturated heterocycles. The van der Waals surface area contributed by atoms with Crippen molar-refractivity contribution in [3.8, 4) is 0 Å². The second-order valence-electron chi connectivity index (χ2n) is 10.9. The van der Waals surface area contributed by atoms with Gasteiger partial charge in [-0.3, -0.25) is 14.5 Å². The topological polar surface area (TPSA) is 78.5 Å². The van der Waals surface area contributed by atoms with E-state index >= 15 is 0 Å². The van der Waals surface area contributed by atoms with Gasteiger partial charge in [0.2, 0.25) is 5.91 Å². The van der Waals surface area contributed by atoms with E-state index in [2.05, 4.69) is 17.6 Å². The molecule has 166 valence electrons. The van der Waals surface area contributed by atoms with Crippen molar-refractivity contribution in [2.24, 2.45) is 23.2 Å². The third-order valence-electron chi connectivity index (χ3n) is 8.59. The van der Waals surface area contributed by atoms with Crippen LogP contribution in [0.25, 0.3) is 0 Å². The number of benzene rings is 1. The second-order valence-corrected chi connectivity index (χ2v) is 10.9. The van der Waals surface area contributed by atoms with Crippen LogP contribution in [0.4, 0.5) is 4.79 Å². The van der Waals surface area contributed by atoms with Crippen LogP contribution in [0, 0.1) is 30.1 Å². The summed E-state index contributed by atoms with van der Waals surface area (Å²) in [4.78, 5) is 39.7. The summed E-state index contributed by atoms with van der Waals surface area (Å²) >= 11 is 0. The monoisotopic (exact) mass is 423 g/mol. The Morgan fingerprint density at radius 2 is 1.65 bits per heavy atom. The van der Waals surface area contributed by atoms with Crippen LogP contribution in [0.1, 0.15) is 63.5 Å². The lowest BCUT2D eigenvalue weighted by atomic mass is 9.48. The van der Waals surface area contributed by atoms with Gasteiger partial charge in [-0.2, -0.15) is 0 Å². The van der Waals surface area contributed by atoms with E-state index in [9.17, 15) is 14.4 Å². The first-order chi connectivity index (χ1) is 14.7. The normalized spacial score (nSPS) is 37.1. The molecule has 1 aromatic rings. The van der Waals surface area contributed by atoms with E-state index in [1.807, 2.05) is 31.2 Å². The molecule has 2 N–H and O–H groups in total. The molecule has 5 aliphatic rings. The van der Waals surface area contributed by atoms with Crippen molar-refractivity contribution >= 4 is 17.8 Å². The Balaban J connectivity index is 1.26. The SMILES string of the molecule is Cc1ccc([C@]2(C)NC(=O)N(CC(=O)N[C@@H](C)C34CC5CC(CC(C5)C3)C4)C2=O)cc1. The highest BCUT2D eigenvalue weighted by Gasteiger charge is 2.54. The number of carbonyl (C=O) groups is 3. The molecular formula is C25H33N3O3. The van der Waals surface area contributed by atoms with Crippen LogP contribution >= 0.6 is 0 Å². The first kappa shape index (κ1) is 20.5. The summed E-state index contributed by atoms with van der Waals surface area (Å²) in [5.74, 6) is 1.81. The molecule has 4 saturated carbocycles. The number of aryl methyl sites for hydroxylation is 1. The minimum atomic E-state index is -1.14. The van der Waals surface area contributed by atoms with E-state index in [1.54, 1.807) is 6.92 Å². The van der Waals surface area contributed by atoms with Gasteiger partial charge in [-0.1, -0.05) is 29.8 Å². The van der Waals surface area contributed by atoms with Crippen molar-refractivity contribution in [3.05, 3.63) is 35.4 Å². The fourth-order valence-electron chi connectivity index (χ4n) is 7.21. The number of nitrogens with one attached hydrogen (secondary N) is 2. The Bertz CT molecular complexity index is 889. The smallest absolute Gasteiger partial charge is 0.325 e. The highest BCUT2D eigenvalue weighted by atomic mass is 16.2. The van der Waals surface area contributed by atoms with Gasteiger partial charge in [0.1, 0.15) is 12.1 Å². The number of imide groups is 1. The van der Waals surface area contributed by atoms with E-state index in [0.717, 1.165) is 33.8 Å². The summed E-state index contributed by atoms with van der Waals surface area (Å²) in [5.41, 5.74) is 0.856. The molecule has 1 aliphatic heterocycles. The number of urea groups is 1. The van der Waals surface area contributed by atoms with Crippen molar-refractivity contribution in [1.29, 1.82) is 0 Å². The zero-order chi connectivity index (χ0) is 22.0. The van der Waals surface area contributed by atoms with Gasteiger partial charge in [0.15, 0.2) is 0 Å². The van der Waals surface area contributed by atoms with Gasteiger partial charge in [0, 0.05) is 6.04 Å². The molecule has 0 spiro atoms. The molecule has 1 aromatic carbocycles. The summed E-state index contributed by atoms with van der Waals surface area (Å²) in [5, 5.41) is 5.96. The molecule has 0 radical (unpaired) electrons. The maximum Gasteiger partial charge on any atom is 0.325 e. The van der Waals surface area contributed by atoms with Gasteiger partial charge in [0.05, 0.1) is 0 Å². The van der Waals surface area contributed by atoms with Crippen LogP contribution in [0.2, 0.25) is 0 Å². The number of carbonyl (C=O) groups excluding carboxylic acids is 3. The Kier molecular flexibility index (Phi) is 4.68. The first-order valence-corrected chi connectivity index (χ1v) is 11.7. The number of amides is 4. The zero-order valence-corrected chi connectivity index (χ0v) is 18.7. The molecule has 4 amide bonds. The van der Waals surface area contributed by atoms with Crippen molar-refractivity contribution < 1.29 is 14.4 Å². The summed E-state index contributed by atoms with van der Waals surface area (Å²) in [6.45, 7) is 5.56. The molecular weight excluding hydrogens is 390 g/mol. The van der Waals surface area contributed by atoms with E-state index in [0.29, 0.717) is 0 Å². The third kappa shape index (κ3) is 3.35. The van der Waals surface area contributed by atoms with Crippen molar-refractivity contribution in [3.63, 3.8) is 0 Å². The standard InChI is InChI=1S/C25H33N3O3/c1-15-4-6-20(7-5-15)24(3)22(30)28(23(31)27-24)14-21(29)26-16(2)25-11-17-8-18(12-25)10-19(9-17)13-25/h4-7,16-19H,8-14H2,1-3H3,(H,26,29)(H,27,31)/t16-,17?,18?,19?,24-,25?/m0/s1. The Labute approximate surface area is 184 Å². The minimum Gasteiger partial charge on any atom is -0.352 e. The zero-order valence-electron chi connectivity index (χ0n) is 18.7. The highest BCUT2D eigenvalue weighted by Crippen LogP contribution is 2.61. The summed E-state index contributed by atoms with van der Waals surface area (Å²) in [6.07, 6.45) is 7.69. The quantitative estimate of drug-likeness (QED) is 0.712. The Hall–Kier alpha value is -2.37. The van der Waals surface area contributed by atoms with Gasteiger partial charge in [0.25, 0.3) is 5.91 Å². The van der Waals surface area contributed by atoms with Gasteiger partial charge >= 0.3 is 6.03 Å². The predicted molar refractivity (Wildman–Crippen MR) is 117 cm³/mol. The van der Waals surface area contributed by atoms with Crippen LogP contribution < -0.4 is 10.6 Å². The van der Waals surface area contributed by atoms with E-state index in [4.69, 9.17) is 0 Å². The molecule has 0 unspecified atom stereocenters. The van der Waals surface area contributed by atoms with Crippen molar-refractivity contribution in [1.82, 2.24) is 15.5 Å². The van der Waals surface area contributed by atoms with Crippen LogP contribution in [0.5, 0.6) is 0 Å². The molecule has 6 heteroatoms. The third-order valence-corrected chi connectivity index (χ3v) is 8.59. The first-order valence-electron chi connectivity index (χ1n) is 11.7. The van der Waals surface area contributed by atoms with Gasteiger partial charge in [-0.25, -0.2) is 4.79 Å². The largest absolute Gasteiger partial charge is 0.352 e. The minimum absolute atomic E-state index is 0.0673. The second kappa shape index (κ2) is 7.07. The summed E-state index contributed by atoms with van der Waals surface area (Å²) in [7, 11) is 0. The molecule has 31 heavy (non-hydrogen) atoms. The van der Waals surface area contributed by atoms with Gasteiger partial charge in [-0.15, -0.1) is 0 Å². The number of rotatable bonds is 5. The lowest BCUT2D eigenvalue weighted by Gasteiger charge is -2.59. The van der Waals surface area contributed by atoms with Gasteiger partial charge in [-0.05, 0) is 88.0 Å². The van der Waals surface area contributed by atoms with E-state index < -0.39 is 11.6 Å². The maximum absolute atomic E-state index is 13.1. The van der Waals surface area contributed by atoms with E-state index in [1.165, 1.54) is 38.5 Å². The lowest BCUT2D eigenvalue weighted by Crippen LogP contribution is -2.57. The van der Waals surface area contributed by atoms with Crippen LogP contribution in [0.3, 0.4) is 0 Å². The van der Waals surface area contributed by atoms with Crippen molar-refractivity contribution in [2.75, 3.05) is 6.54 Å². The van der Waals surface area contributed by atoms with Crippen LogP contribution in [0.15, 0.2) is 24.3 Å². The maximum atomic E-state index is 13.1. The fraction of sp³-hybridized carbons (Fsp3) is 0.640. The molecule has 6 nitrogen and oxygen atoms in total. The Morgan fingerprint density at radius 3 is 2.19 bits per heavy atom. The molecule has 4 bridgehead atoms.